The summed E-state index contributed by atoms with van der Waals surface area (Å²) in [5, 5.41) is 6.69. The van der Waals surface area contributed by atoms with Crippen molar-refractivity contribution >= 4 is 11.3 Å². The van der Waals surface area contributed by atoms with Gasteiger partial charge >= 0.3 is 0 Å². The monoisotopic (exact) mass is 256 g/mol. The van der Waals surface area contributed by atoms with Crippen LogP contribution in [0.3, 0.4) is 0 Å². The second-order valence-electron chi connectivity index (χ2n) is 4.28. The molecule has 3 atom stereocenters. The van der Waals surface area contributed by atoms with E-state index in [1.807, 2.05) is 13.8 Å². The Morgan fingerprint density at radius 3 is 3.00 bits per heavy atom. The molecule has 1 aromatic heterocycles. The quantitative estimate of drug-likeness (QED) is 0.842. The molecule has 0 aliphatic heterocycles. The van der Waals surface area contributed by atoms with E-state index in [-0.39, 0.29) is 12.2 Å². The SMILES string of the molecule is CCOC1CC(NCc2csc(C)n2)C1OC. The second kappa shape index (κ2) is 5.91. The molecule has 4 nitrogen and oxygen atoms in total. The average Bonchev–Trinajstić information content (AvgIpc) is 2.69. The predicted molar refractivity (Wildman–Crippen MR) is 68.3 cm³/mol. The molecule has 5 heteroatoms. The molecule has 1 saturated carbocycles. The number of thiazole rings is 1. The number of hydrogen-bond donors (Lipinski definition) is 1. The molecule has 3 unspecified atom stereocenters. The van der Waals surface area contributed by atoms with Crippen molar-refractivity contribution in [2.75, 3.05) is 13.7 Å². The van der Waals surface area contributed by atoms with E-state index in [9.17, 15) is 0 Å². The van der Waals surface area contributed by atoms with Crippen LogP contribution in [0.4, 0.5) is 0 Å². The lowest BCUT2D eigenvalue weighted by molar-refractivity contribution is -0.131. The van der Waals surface area contributed by atoms with Crippen molar-refractivity contribution in [3.8, 4) is 0 Å². The molecular formula is C12H20N2O2S. The topological polar surface area (TPSA) is 43.4 Å². The Bertz CT molecular complexity index is 356. The molecule has 1 fully saturated rings. The normalized spacial score (nSPS) is 28.1. The number of rotatable bonds is 6. The summed E-state index contributed by atoms with van der Waals surface area (Å²) in [6, 6.07) is 0.388. The highest BCUT2D eigenvalue weighted by molar-refractivity contribution is 7.09. The molecule has 0 bridgehead atoms. The number of nitrogens with zero attached hydrogens (tertiary/aromatic N) is 1. The molecule has 0 amide bonds. The van der Waals surface area contributed by atoms with Crippen LogP contribution in [0, 0.1) is 6.92 Å². The zero-order valence-electron chi connectivity index (χ0n) is 10.6. The maximum absolute atomic E-state index is 5.59. The molecule has 0 radical (unpaired) electrons. The van der Waals surface area contributed by atoms with Crippen LogP contribution in [0.15, 0.2) is 5.38 Å². The van der Waals surface area contributed by atoms with Gasteiger partial charge in [-0.2, -0.15) is 0 Å². The number of nitrogens with one attached hydrogen (secondary N) is 1. The standard InChI is InChI=1S/C12H20N2O2S/c1-4-16-11-5-10(12(11)15-3)13-6-9-7-17-8(2)14-9/h7,10-13H,4-6H2,1-3H3. The molecule has 0 aromatic carbocycles. The van der Waals surface area contributed by atoms with Gasteiger partial charge in [0.15, 0.2) is 0 Å². The highest BCUT2D eigenvalue weighted by Crippen LogP contribution is 2.27. The first-order chi connectivity index (χ1) is 8.24. The fourth-order valence-electron chi connectivity index (χ4n) is 2.20. The second-order valence-corrected chi connectivity index (χ2v) is 5.34. The highest BCUT2D eigenvalue weighted by atomic mass is 32.1. The average molecular weight is 256 g/mol. The van der Waals surface area contributed by atoms with E-state index in [1.54, 1.807) is 18.4 Å². The van der Waals surface area contributed by atoms with Gasteiger partial charge in [-0.1, -0.05) is 0 Å². The first kappa shape index (κ1) is 13.0. The summed E-state index contributed by atoms with van der Waals surface area (Å²) in [5.41, 5.74) is 1.11. The van der Waals surface area contributed by atoms with Gasteiger partial charge < -0.3 is 14.8 Å². The molecule has 1 N–H and O–H groups in total. The minimum absolute atomic E-state index is 0.176. The van der Waals surface area contributed by atoms with Crippen molar-refractivity contribution in [2.24, 2.45) is 0 Å². The molecule has 1 aromatic rings. The van der Waals surface area contributed by atoms with Crippen molar-refractivity contribution in [2.45, 2.75) is 45.1 Å². The number of ether oxygens (including phenoxy) is 2. The van der Waals surface area contributed by atoms with Gasteiger partial charge in [-0.25, -0.2) is 4.98 Å². The van der Waals surface area contributed by atoms with Gasteiger partial charge in [0.05, 0.1) is 22.9 Å². The largest absolute Gasteiger partial charge is 0.377 e. The minimum atomic E-state index is 0.176. The molecular weight excluding hydrogens is 236 g/mol. The number of methoxy groups -OCH3 is 1. The highest BCUT2D eigenvalue weighted by Gasteiger charge is 2.41. The lowest BCUT2D eigenvalue weighted by Crippen LogP contribution is -2.59. The zero-order valence-corrected chi connectivity index (χ0v) is 11.4. The fourth-order valence-corrected chi connectivity index (χ4v) is 2.81. The van der Waals surface area contributed by atoms with Gasteiger partial charge in [-0.15, -0.1) is 11.3 Å². The zero-order chi connectivity index (χ0) is 12.3. The Morgan fingerprint density at radius 1 is 1.59 bits per heavy atom. The van der Waals surface area contributed by atoms with Gasteiger partial charge in [0.1, 0.15) is 0 Å². The third-order valence-electron chi connectivity index (χ3n) is 3.11. The van der Waals surface area contributed by atoms with Crippen LogP contribution >= 0.6 is 11.3 Å². The Labute approximate surface area is 106 Å². The van der Waals surface area contributed by atoms with E-state index in [0.29, 0.717) is 6.04 Å². The van der Waals surface area contributed by atoms with Crippen LogP contribution in [0.5, 0.6) is 0 Å². The van der Waals surface area contributed by atoms with E-state index < -0.39 is 0 Å². The Balaban J connectivity index is 1.77. The summed E-state index contributed by atoms with van der Waals surface area (Å²) >= 11 is 1.69. The smallest absolute Gasteiger partial charge is 0.0986 e. The first-order valence-corrected chi connectivity index (χ1v) is 6.91. The minimum Gasteiger partial charge on any atom is -0.377 e. The van der Waals surface area contributed by atoms with Crippen molar-refractivity contribution in [1.82, 2.24) is 10.3 Å². The number of aryl methyl sites for hydroxylation is 1. The lowest BCUT2D eigenvalue weighted by atomic mass is 9.85. The van der Waals surface area contributed by atoms with Gasteiger partial charge in [0.2, 0.25) is 0 Å². The van der Waals surface area contributed by atoms with E-state index in [0.717, 1.165) is 30.3 Å². The molecule has 0 saturated heterocycles. The number of aromatic nitrogens is 1. The van der Waals surface area contributed by atoms with Crippen LogP contribution in [0.1, 0.15) is 24.0 Å². The molecule has 2 rings (SSSR count). The Kier molecular flexibility index (Phi) is 4.50. The van der Waals surface area contributed by atoms with Crippen LogP contribution in [0.25, 0.3) is 0 Å². The summed E-state index contributed by atoms with van der Waals surface area (Å²) in [6.07, 6.45) is 1.45. The van der Waals surface area contributed by atoms with Crippen molar-refractivity contribution in [3.63, 3.8) is 0 Å². The Morgan fingerprint density at radius 2 is 2.41 bits per heavy atom. The van der Waals surface area contributed by atoms with E-state index >= 15 is 0 Å². The molecule has 1 aliphatic rings. The molecule has 1 aliphatic carbocycles. The molecule has 17 heavy (non-hydrogen) atoms. The summed E-state index contributed by atoms with van der Waals surface area (Å²) in [6.45, 7) is 5.61. The fraction of sp³-hybridized carbons (Fsp3) is 0.750. The Hall–Kier alpha value is -0.490. The van der Waals surface area contributed by atoms with Crippen molar-refractivity contribution in [1.29, 1.82) is 0 Å². The number of hydrogen-bond acceptors (Lipinski definition) is 5. The van der Waals surface area contributed by atoms with E-state index in [1.165, 1.54) is 0 Å². The summed E-state index contributed by atoms with van der Waals surface area (Å²) in [7, 11) is 1.75. The van der Waals surface area contributed by atoms with Crippen LogP contribution in [-0.2, 0) is 16.0 Å². The van der Waals surface area contributed by atoms with Crippen LogP contribution < -0.4 is 5.32 Å². The van der Waals surface area contributed by atoms with Gasteiger partial charge in [0, 0.05) is 31.7 Å². The molecule has 1 heterocycles. The van der Waals surface area contributed by atoms with Crippen LogP contribution in [0.2, 0.25) is 0 Å². The predicted octanol–water partition coefficient (Wildman–Crippen LogP) is 1.73. The van der Waals surface area contributed by atoms with Gasteiger partial charge in [-0.3, -0.25) is 0 Å². The summed E-state index contributed by atoms with van der Waals surface area (Å²) in [5.74, 6) is 0. The third kappa shape index (κ3) is 3.04. The van der Waals surface area contributed by atoms with E-state index in [4.69, 9.17) is 9.47 Å². The third-order valence-corrected chi connectivity index (χ3v) is 3.94. The van der Waals surface area contributed by atoms with Gasteiger partial charge in [-0.05, 0) is 20.3 Å². The maximum atomic E-state index is 5.59. The maximum Gasteiger partial charge on any atom is 0.0986 e. The van der Waals surface area contributed by atoms with Crippen LogP contribution in [-0.4, -0.2) is 37.0 Å². The first-order valence-electron chi connectivity index (χ1n) is 6.03. The molecule has 0 spiro atoms. The lowest BCUT2D eigenvalue weighted by Gasteiger charge is -2.43. The summed E-state index contributed by atoms with van der Waals surface area (Å²) in [4.78, 5) is 4.43. The summed E-state index contributed by atoms with van der Waals surface area (Å²) < 4.78 is 11.0. The van der Waals surface area contributed by atoms with E-state index in [2.05, 4.69) is 15.7 Å². The molecule has 96 valence electrons. The van der Waals surface area contributed by atoms with Crippen molar-refractivity contribution in [3.05, 3.63) is 16.1 Å². The van der Waals surface area contributed by atoms with Crippen molar-refractivity contribution < 1.29 is 9.47 Å². The van der Waals surface area contributed by atoms with Gasteiger partial charge in [0.25, 0.3) is 0 Å².